The number of amides is 1. The first-order valence-corrected chi connectivity index (χ1v) is 8.77. The van der Waals surface area contributed by atoms with Crippen LogP contribution < -0.4 is 10.1 Å². The molecule has 7 heteroatoms. The minimum Gasteiger partial charge on any atom is -0.497 e. The van der Waals surface area contributed by atoms with E-state index in [1.807, 2.05) is 26.0 Å². The normalized spacial score (nSPS) is 10.9. The third-order valence-corrected chi connectivity index (χ3v) is 4.31. The van der Waals surface area contributed by atoms with Gasteiger partial charge in [0.2, 0.25) is 0 Å². The maximum absolute atomic E-state index is 14.0. The molecule has 0 saturated heterocycles. The van der Waals surface area contributed by atoms with Crippen molar-refractivity contribution in [1.29, 1.82) is 0 Å². The van der Waals surface area contributed by atoms with Gasteiger partial charge in [0.05, 0.1) is 35.9 Å². The van der Waals surface area contributed by atoms with Crippen molar-refractivity contribution >= 4 is 23.2 Å². The average Bonchev–Trinajstić information content (AvgIpc) is 3.09. The predicted molar refractivity (Wildman–Crippen MR) is 104 cm³/mol. The van der Waals surface area contributed by atoms with Crippen LogP contribution in [-0.4, -0.2) is 22.8 Å². The van der Waals surface area contributed by atoms with Gasteiger partial charge in [0.1, 0.15) is 11.6 Å². The molecular formula is C20H19ClFN3O2. The van der Waals surface area contributed by atoms with Crippen molar-refractivity contribution in [3.63, 3.8) is 0 Å². The Bertz CT molecular complexity index is 985. The summed E-state index contributed by atoms with van der Waals surface area (Å²) in [6, 6.07) is 11.4. The number of rotatable bonds is 5. The number of halogens is 2. The smallest absolute Gasteiger partial charge is 0.259 e. The topological polar surface area (TPSA) is 56.1 Å². The van der Waals surface area contributed by atoms with Gasteiger partial charge >= 0.3 is 0 Å². The number of aromatic nitrogens is 2. The molecule has 2 aromatic carbocycles. The zero-order valence-corrected chi connectivity index (χ0v) is 15.9. The van der Waals surface area contributed by atoms with E-state index in [4.69, 9.17) is 16.3 Å². The van der Waals surface area contributed by atoms with Gasteiger partial charge in [-0.3, -0.25) is 4.79 Å². The zero-order chi connectivity index (χ0) is 19.6. The number of carbonyl (C=O) groups is 1. The summed E-state index contributed by atoms with van der Waals surface area (Å²) in [6.45, 7) is 3.92. The quantitative estimate of drug-likeness (QED) is 0.666. The average molecular weight is 388 g/mol. The Morgan fingerprint density at radius 1 is 1.26 bits per heavy atom. The van der Waals surface area contributed by atoms with Gasteiger partial charge < -0.3 is 10.1 Å². The summed E-state index contributed by atoms with van der Waals surface area (Å²) in [4.78, 5) is 12.8. The van der Waals surface area contributed by atoms with Crippen molar-refractivity contribution in [1.82, 2.24) is 9.78 Å². The second-order valence-electron chi connectivity index (χ2n) is 6.29. The molecule has 1 N–H and O–H groups in total. The minimum atomic E-state index is -0.544. The molecule has 3 aromatic rings. The lowest BCUT2D eigenvalue weighted by atomic mass is 10.0. The Morgan fingerprint density at radius 2 is 2.04 bits per heavy atom. The van der Waals surface area contributed by atoms with Crippen LogP contribution in [0.3, 0.4) is 0 Å². The third-order valence-electron chi connectivity index (χ3n) is 4.07. The number of nitrogens with one attached hydrogen (secondary N) is 1. The third kappa shape index (κ3) is 3.95. The predicted octanol–water partition coefficient (Wildman–Crippen LogP) is 5.05. The molecule has 1 amide bonds. The van der Waals surface area contributed by atoms with Crippen LogP contribution in [0.25, 0.3) is 5.69 Å². The maximum atomic E-state index is 14.0. The SMILES string of the molecule is COc1ccc(F)c(NC(=O)c2cnn(-c3cccc(Cl)c3)c2C(C)C)c1. The highest BCUT2D eigenvalue weighted by atomic mass is 35.5. The van der Waals surface area contributed by atoms with Crippen molar-refractivity contribution in [3.8, 4) is 11.4 Å². The second kappa shape index (κ2) is 7.80. The van der Waals surface area contributed by atoms with E-state index in [1.54, 1.807) is 16.8 Å². The van der Waals surface area contributed by atoms with Crippen LogP contribution in [0.5, 0.6) is 5.75 Å². The first-order valence-electron chi connectivity index (χ1n) is 8.39. The van der Waals surface area contributed by atoms with Crippen molar-refractivity contribution < 1.29 is 13.9 Å². The first-order chi connectivity index (χ1) is 12.9. The molecule has 5 nitrogen and oxygen atoms in total. The molecule has 0 aliphatic heterocycles. The summed E-state index contributed by atoms with van der Waals surface area (Å²) in [5.74, 6) is -0.538. The number of benzene rings is 2. The number of nitrogens with zero attached hydrogens (tertiary/aromatic N) is 2. The number of methoxy groups -OCH3 is 1. The summed E-state index contributed by atoms with van der Waals surface area (Å²) in [7, 11) is 1.48. The number of hydrogen-bond acceptors (Lipinski definition) is 3. The fourth-order valence-corrected chi connectivity index (χ4v) is 3.00. The molecule has 0 saturated carbocycles. The summed E-state index contributed by atoms with van der Waals surface area (Å²) in [6.07, 6.45) is 1.48. The Balaban J connectivity index is 1.98. The monoisotopic (exact) mass is 387 g/mol. The molecule has 0 radical (unpaired) electrons. The van der Waals surface area contributed by atoms with E-state index in [1.165, 1.54) is 31.5 Å². The van der Waals surface area contributed by atoms with E-state index < -0.39 is 11.7 Å². The summed E-state index contributed by atoms with van der Waals surface area (Å²) in [5.41, 5.74) is 1.87. The first kappa shape index (κ1) is 18.9. The lowest BCUT2D eigenvalue weighted by Crippen LogP contribution is -2.16. The van der Waals surface area contributed by atoms with Gasteiger partial charge in [-0.15, -0.1) is 0 Å². The molecule has 0 unspecified atom stereocenters. The van der Waals surface area contributed by atoms with Crippen LogP contribution in [0, 0.1) is 5.82 Å². The van der Waals surface area contributed by atoms with Crippen LogP contribution in [0.2, 0.25) is 5.02 Å². The van der Waals surface area contributed by atoms with Gasteiger partial charge in [-0.25, -0.2) is 9.07 Å². The van der Waals surface area contributed by atoms with E-state index in [2.05, 4.69) is 10.4 Å². The summed E-state index contributed by atoms with van der Waals surface area (Å²) < 4.78 is 20.8. The van der Waals surface area contributed by atoms with Gasteiger partial charge in [-0.2, -0.15) is 5.10 Å². The van der Waals surface area contributed by atoms with Gasteiger partial charge in [0.25, 0.3) is 5.91 Å². The molecule has 0 aliphatic rings. The van der Waals surface area contributed by atoms with Gasteiger partial charge in [0, 0.05) is 11.1 Å². The molecular weight excluding hydrogens is 369 g/mol. The molecule has 1 heterocycles. The highest BCUT2D eigenvalue weighted by Crippen LogP contribution is 2.26. The van der Waals surface area contributed by atoms with Crippen molar-refractivity contribution in [2.75, 3.05) is 12.4 Å². The second-order valence-corrected chi connectivity index (χ2v) is 6.73. The van der Waals surface area contributed by atoms with Crippen molar-refractivity contribution in [2.45, 2.75) is 19.8 Å². The minimum absolute atomic E-state index is 0.00221. The number of carbonyl (C=O) groups excluding carboxylic acids is 1. The van der Waals surface area contributed by atoms with E-state index in [9.17, 15) is 9.18 Å². The van der Waals surface area contributed by atoms with Gasteiger partial charge in [0.15, 0.2) is 0 Å². The lowest BCUT2D eigenvalue weighted by molar-refractivity contribution is 0.102. The molecule has 27 heavy (non-hydrogen) atoms. The molecule has 0 bridgehead atoms. The Kier molecular flexibility index (Phi) is 5.46. The van der Waals surface area contributed by atoms with E-state index in [-0.39, 0.29) is 11.6 Å². The number of hydrogen-bond donors (Lipinski definition) is 1. The standard InChI is InChI=1S/C20H19ClFN3O2/c1-12(2)19-16(11-23-25(19)14-6-4-5-13(21)9-14)20(26)24-18-10-15(27-3)7-8-17(18)22/h4-12H,1-3H3,(H,24,26). The highest BCUT2D eigenvalue weighted by Gasteiger charge is 2.22. The fraction of sp³-hybridized carbons (Fsp3) is 0.200. The Labute approximate surface area is 161 Å². The van der Waals surface area contributed by atoms with Crippen molar-refractivity contribution in [2.24, 2.45) is 0 Å². The molecule has 140 valence electrons. The van der Waals surface area contributed by atoms with Gasteiger partial charge in [-0.1, -0.05) is 31.5 Å². The molecule has 1 aromatic heterocycles. The van der Waals surface area contributed by atoms with Crippen LogP contribution in [0.4, 0.5) is 10.1 Å². The highest BCUT2D eigenvalue weighted by molar-refractivity contribution is 6.30. The van der Waals surface area contributed by atoms with E-state index >= 15 is 0 Å². The molecule has 0 aliphatic carbocycles. The number of anilines is 1. The molecule has 0 fully saturated rings. The largest absolute Gasteiger partial charge is 0.497 e. The maximum Gasteiger partial charge on any atom is 0.259 e. The van der Waals surface area contributed by atoms with Crippen LogP contribution in [-0.2, 0) is 0 Å². The number of ether oxygens (including phenoxy) is 1. The lowest BCUT2D eigenvalue weighted by Gasteiger charge is -2.13. The van der Waals surface area contributed by atoms with Gasteiger partial charge in [-0.05, 0) is 36.2 Å². The van der Waals surface area contributed by atoms with Crippen LogP contribution >= 0.6 is 11.6 Å². The summed E-state index contributed by atoms with van der Waals surface area (Å²) in [5, 5.41) is 7.52. The molecule has 0 spiro atoms. The Hall–Kier alpha value is -2.86. The molecule has 0 atom stereocenters. The van der Waals surface area contributed by atoms with Crippen molar-refractivity contribution in [3.05, 3.63) is 70.8 Å². The summed E-state index contributed by atoms with van der Waals surface area (Å²) >= 11 is 6.08. The fourth-order valence-electron chi connectivity index (χ4n) is 2.82. The van der Waals surface area contributed by atoms with Crippen LogP contribution in [0.15, 0.2) is 48.7 Å². The van der Waals surface area contributed by atoms with Crippen LogP contribution in [0.1, 0.15) is 35.8 Å². The Morgan fingerprint density at radius 3 is 2.70 bits per heavy atom. The van der Waals surface area contributed by atoms with E-state index in [0.29, 0.717) is 22.0 Å². The molecule has 3 rings (SSSR count). The zero-order valence-electron chi connectivity index (χ0n) is 15.2. The van der Waals surface area contributed by atoms with E-state index in [0.717, 1.165) is 5.69 Å².